The number of hydrogen-bond donors (Lipinski definition) is 3. The Bertz CT molecular complexity index is 1790. The quantitative estimate of drug-likeness (QED) is 0.0169. The topological polar surface area (TPSA) is 237 Å². The Morgan fingerprint density at radius 1 is 0.356 bits per heavy atom. The molecule has 0 aliphatic rings. The SMILES string of the molecule is CCCCCC/C=C\C=C/CCCCCCCC(=O)O[C@H](COC(=O)CCCCCCCCCCC(C)C)COP(=O)(O)OC[C@@H](O)COP(=O)(O)OC[C@@H](COC(=O)CCCCCCCCCCCC)OC(=O)CCCCCCCCCCC(C)C. The number of rotatable bonds is 65. The highest BCUT2D eigenvalue weighted by atomic mass is 31.2. The van der Waals surface area contributed by atoms with Gasteiger partial charge in [0.1, 0.15) is 19.3 Å². The van der Waals surface area contributed by atoms with Crippen molar-refractivity contribution in [2.24, 2.45) is 11.8 Å². The molecule has 0 fully saturated rings. The van der Waals surface area contributed by atoms with E-state index in [4.69, 9.17) is 37.0 Å². The second-order valence-electron chi connectivity index (χ2n) is 24.8. The van der Waals surface area contributed by atoms with E-state index in [-0.39, 0.29) is 25.7 Å². The van der Waals surface area contributed by atoms with Crippen molar-refractivity contribution in [1.29, 1.82) is 0 Å². The van der Waals surface area contributed by atoms with E-state index in [1.54, 1.807) is 0 Å². The molecule has 0 saturated heterocycles. The maximum Gasteiger partial charge on any atom is 0.472 e. The lowest BCUT2D eigenvalue weighted by molar-refractivity contribution is -0.161. The minimum Gasteiger partial charge on any atom is -0.462 e. The maximum atomic E-state index is 13.0. The number of unbranched alkanes of at least 4 members (excludes halogenated alkanes) is 32. The van der Waals surface area contributed by atoms with E-state index in [1.165, 1.54) is 116 Å². The van der Waals surface area contributed by atoms with Crippen molar-refractivity contribution in [2.75, 3.05) is 39.6 Å². The number of aliphatic hydroxyl groups excluding tert-OH is 1. The average Bonchev–Trinajstić information content (AvgIpc) is 3.56. The number of ether oxygens (including phenoxy) is 4. The number of carbonyl (C=O) groups excluding carboxylic acids is 4. The first-order valence-electron chi connectivity index (χ1n) is 34.8. The minimum atomic E-state index is -4.96. The van der Waals surface area contributed by atoms with E-state index < -0.39 is 97.5 Å². The Kier molecular flexibility index (Phi) is 58.1. The van der Waals surface area contributed by atoms with Crippen molar-refractivity contribution in [1.82, 2.24) is 0 Å². The molecule has 0 aliphatic heterocycles. The first kappa shape index (κ1) is 84.5. The molecule has 0 bridgehead atoms. The van der Waals surface area contributed by atoms with Gasteiger partial charge in [0.15, 0.2) is 12.2 Å². The Labute approximate surface area is 529 Å². The predicted octanol–water partition coefficient (Wildman–Crippen LogP) is 18.8. The summed E-state index contributed by atoms with van der Waals surface area (Å²) in [5.74, 6) is -0.721. The molecular weight excluding hydrogens is 1150 g/mol. The third-order valence-corrected chi connectivity index (χ3v) is 17.0. The average molecular weight is 1280 g/mol. The number of esters is 4. The third kappa shape index (κ3) is 62.1. The van der Waals surface area contributed by atoms with Crippen LogP contribution in [0.25, 0.3) is 0 Å². The zero-order valence-electron chi connectivity index (χ0n) is 55.8. The van der Waals surface area contributed by atoms with Gasteiger partial charge in [0.2, 0.25) is 0 Å². The van der Waals surface area contributed by atoms with Gasteiger partial charge >= 0.3 is 39.5 Å². The van der Waals surface area contributed by atoms with Crippen molar-refractivity contribution in [3.8, 4) is 0 Å². The molecule has 0 spiro atoms. The molecule has 0 aromatic carbocycles. The standard InChI is InChI=1S/C68H128O17P2/c1-7-9-11-13-15-17-19-20-21-22-23-25-34-40-46-52-67(72)84-63(57-79-66(71)51-45-39-33-28-26-30-36-42-48-60(3)4)58-82-86(74,75)80-54-62(69)55-81-87(76,77)83-59-64(56-78-65(70)50-44-38-32-24-18-16-14-12-10-8-2)85-68(73)53-47-41-35-29-27-31-37-43-49-61(5)6/h17,19-21,60-64,69H,7-16,18,22-59H2,1-6H3,(H,74,75)(H,76,77)/b19-17-,21-20-/t62-,63-,64-/m1/s1. The number of phosphoric acid groups is 2. The molecule has 0 amide bonds. The van der Waals surface area contributed by atoms with Crippen molar-refractivity contribution in [3.05, 3.63) is 24.3 Å². The van der Waals surface area contributed by atoms with Gasteiger partial charge < -0.3 is 33.8 Å². The molecule has 0 aliphatic carbocycles. The molecule has 17 nitrogen and oxygen atoms in total. The molecule has 87 heavy (non-hydrogen) atoms. The smallest absolute Gasteiger partial charge is 0.462 e. The molecular formula is C68H128O17P2. The van der Waals surface area contributed by atoms with E-state index in [9.17, 15) is 43.2 Å². The normalized spacial score (nSPS) is 14.4. The van der Waals surface area contributed by atoms with Crippen molar-refractivity contribution in [2.45, 2.75) is 336 Å². The monoisotopic (exact) mass is 1280 g/mol. The van der Waals surface area contributed by atoms with Gasteiger partial charge in [-0.3, -0.25) is 37.3 Å². The highest BCUT2D eigenvalue weighted by Gasteiger charge is 2.30. The summed E-state index contributed by atoms with van der Waals surface area (Å²) in [7, 11) is -9.91. The Balaban J connectivity index is 5.28. The Morgan fingerprint density at radius 2 is 0.621 bits per heavy atom. The number of phosphoric ester groups is 2. The summed E-state index contributed by atoms with van der Waals surface area (Å²) in [5, 5.41) is 10.6. The van der Waals surface area contributed by atoms with E-state index in [0.29, 0.717) is 25.7 Å². The van der Waals surface area contributed by atoms with Crippen molar-refractivity contribution < 1.29 is 80.2 Å². The fourth-order valence-corrected chi connectivity index (χ4v) is 11.3. The van der Waals surface area contributed by atoms with Gasteiger partial charge in [0.25, 0.3) is 0 Å². The van der Waals surface area contributed by atoms with Gasteiger partial charge in [-0.2, -0.15) is 0 Å². The Hall–Kier alpha value is -2.46. The highest BCUT2D eigenvalue weighted by Crippen LogP contribution is 2.45. The fourth-order valence-electron chi connectivity index (χ4n) is 9.70. The second kappa shape index (κ2) is 59.8. The van der Waals surface area contributed by atoms with Gasteiger partial charge in [-0.15, -0.1) is 0 Å². The summed E-state index contributed by atoms with van der Waals surface area (Å²) in [6.45, 7) is 9.37. The molecule has 0 rings (SSSR count). The van der Waals surface area contributed by atoms with Crippen LogP contribution in [-0.4, -0.2) is 96.7 Å². The summed E-state index contributed by atoms with van der Waals surface area (Å²) >= 11 is 0. The molecule has 0 aromatic heterocycles. The molecule has 19 heteroatoms. The van der Waals surface area contributed by atoms with E-state index in [1.807, 2.05) is 0 Å². The number of allylic oxidation sites excluding steroid dienone is 4. The summed E-state index contributed by atoms with van der Waals surface area (Å²) in [5.41, 5.74) is 0. The third-order valence-electron chi connectivity index (χ3n) is 15.1. The Morgan fingerprint density at radius 3 is 0.943 bits per heavy atom. The zero-order valence-corrected chi connectivity index (χ0v) is 57.6. The first-order chi connectivity index (χ1) is 41.9. The molecule has 3 N–H and O–H groups in total. The fraction of sp³-hybridized carbons (Fsp3) is 0.882. The molecule has 2 unspecified atom stereocenters. The van der Waals surface area contributed by atoms with Crippen molar-refractivity contribution >= 4 is 39.5 Å². The van der Waals surface area contributed by atoms with Gasteiger partial charge in [-0.05, 0) is 63.2 Å². The van der Waals surface area contributed by atoms with Crippen LogP contribution in [0.2, 0.25) is 0 Å². The maximum absolute atomic E-state index is 13.0. The molecule has 5 atom stereocenters. The lowest BCUT2D eigenvalue weighted by atomic mass is 10.0. The number of aliphatic hydroxyl groups is 1. The highest BCUT2D eigenvalue weighted by molar-refractivity contribution is 7.47. The summed E-state index contributed by atoms with van der Waals surface area (Å²) in [6.07, 6.45) is 46.7. The molecule has 0 heterocycles. The predicted molar refractivity (Wildman–Crippen MR) is 349 cm³/mol. The van der Waals surface area contributed by atoms with Gasteiger partial charge in [-0.25, -0.2) is 9.13 Å². The van der Waals surface area contributed by atoms with Crippen LogP contribution in [0.3, 0.4) is 0 Å². The zero-order chi connectivity index (χ0) is 64.3. The minimum absolute atomic E-state index is 0.0842. The van der Waals surface area contributed by atoms with E-state index in [2.05, 4.69) is 65.8 Å². The van der Waals surface area contributed by atoms with Crippen LogP contribution in [0.4, 0.5) is 0 Å². The largest absolute Gasteiger partial charge is 0.472 e. The lowest BCUT2D eigenvalue weighted by Gasteiger charge is -2.21. The first-order valence-corrected chi connectivity index (χ1v) is 37.8. The lowest BCUT2D eigenvalue weighted by Crippen LogP contribution is -2.30. The second-order valence-corrected chi connectivity index (χ2v) is 27.7. The van der Waals surface area contributed by atoms with Crippen LogP contribution < -0.4 is 0 Å². The number of hydrogen-bond acceptors (Lipinski definition) is 15. The van der Waals surface area contributed by atoms with Gasteiger partial charge in [0.05, 0.1) is 26.4 Å². The van der Waals surface area contributed by atoms with Crippen LogP contribution in [0, 0.1) is 11.8 Å². The van der Waals surface area contributed by atoms with Crippen LogP contribution in [-0.2, 0) is 65.4 Å². The van der Waals surface area contributed by atoms with E-state index >= 15 is 0 Å². The summed E-state index contributed by atoms with van der Waals surface area (Å²) < 4.78 is 68.1. The molecule has 0 aromatic rings. The summed E-state index contributed by atoms with van der Waals surface area (Å²) in [4.78, 5) is 72.4. The van der Waals surface area contributed by atoms with Crippen LogP contribution in [0.1, 0.15) is 318 Å². The van der Waals surface area contributed by atoms with Crippen molar-refractivity contribution in [3.63, 3.8) is 0 Å². The molecule has 0 radical (unpaired) electrons. The van der Waals surface area contributed by atoms with Crippen LogP contribution in [0.15, 0.2) is 24.3 Å². The van der Waals surface area contributed by atoms with Gasteiger partial charge in [0, 0.05) is 25.7 Å². The van der Waals surface area contributed by atoms with E-state index in [0.717, 1.165) is 121 Å². The van der Waals surface area contributed by atoms with Crippen LogP contribution in [0.5, 0.6) is 0 Å². The molecule has 0 saturated carbocycles. The summed E-state index contributed by atoms with van der Waals surface area (Å²) in [6, 6.07) is 0. The van der Waals surface area contributed by atoms with Gasteiger partial charge in [-0.1, -0.05) is 265 Å². The number of carbonyl (C=O) groups is 4. The van der Waals surface area contributed by atoms with Crippen LogP contribution >= 0.6 is 15.6 Å². The molecule has 512 valence electrons.